The zero-order valence-corrected chi connectivity index (χ0v) is 12.8. The minimum absolute atomic E-state index is 0.0703. The molecule has 0 radical (unpaired) electrons. The van der Waals surface area contributed by atoms with Crippen LogP contribution in [-0.4, -0.2) is 36.5 Å². The van der Waals surface area contributed by atoms with Crippen molar-refractivity contribution in [3.05, 3.63) is 0 Å². The zero-order valence-electron chi connectivity index (χ0n) is 12.8. The van der Waals surface area contributed by atoms with Crippen LogP contribution in [-0.2, 0) is 4.79 Å². The van der Waals surface area contributed by atoms with E-state index in [-0.39, 0.29) is 6.04 Å². The average molecular weight is 266 g/mol. The molecular weight excluding hydrogens is 236 g/mol. The van der Waals surface area contributed by atoms with E-state index in [1.54, 1.807) is 0 Å². The highest BCUT2D eigenvalue weighted by Crippen LogP contribution is 2.28. The van der Waals surface area contributed by atoms with E-state index in [9.17, 15) is 4.79 Å². The number of carbonyl (C=O) groups is 1. The Kier molecular flexibility index (Phi) is 5.26. The molecule has 0 bridgehead atoms. The second kappa shape index (κ2) is 6.74. The molecule has 1 saturated carbocycles. The van der Waals surface area contributed by atoms with Crippen LogP contribution in [0.2, 0.25) is 0 Å². The topological polar surface area (TPSA) is 32.3 Å². The summed E-state index contributed by atoms with van der Waals surface area (Å²) in [5.74, 6) is 1.84. The smallest absolute Gasteiger partial charge is 0.239 e. The van der Waals surface area contributed by atoms with Gasteiger partial charge in [-0.15, -0.1) is 0 Å². The van der Waals surface area contributed by atoms with Crippen molar-refractivity contribution in [2.24, 2.45) is 11.8 Å². The first-order valence-corrected chi connectivity index (χ1v) is 8.11. The lowest BCUT2D eigenvalue weighted by Gasteiger charge is -2.38. The van der Waals surface area contributed by atoms with Crippen molar-refractivity contribution in [1.82, 2.24) is 10.2 Å². The number of nitrogens with zero attached hydrogens (tertiary/aromatic N) is 1. The molecule has 1 saturated heterocycles. The van der Waals surface area contributed by atoms with E-state index in [1.165, 1.54) is 38.5 Å². The largest absolute Gasteiger partial charge is 0.341 e. The SMILES string of the molecule is CCC1CCNC(C(=O)N(C)C2CCCC(C)C2)C1. The average Bonchev–Trinajstić information content (AvgIpc) is 2.45. The van der Waals surface area contributed by atoms with Crippen LogP contribution < -0.4 is 5.32 Å². The lowest BCUT2D eigenvalue weighted by molar-refractivity contribution is -0.136. The summed E-state index contributed by atoms with van der Waals surface area (Å²) in [7, 11) is 2.02. The molecule has 19 heavy (non-hydrogen) atoms. The predicted molar refractivity (Wildman–Crippen MR) is 79.0 cm³/mol. The van der Waals surface area contributed by atoms with E-state index < -0.39 is 0 Å². The van der Waals surface area contributed by atoms with Crippen molar-refractivity contribution < 1.29 is 4.79 Å². The molecule has 3 nitrogen and oxygen atoms in total. The molecular formula is C16H30N2O. The van der Waals surface area contributed by atoms with E-state index >= 15 is 0 Å². The van der Waals surface area contributed by atoms with E-state index in [0.717, 1.165) is 24.8 Å². The van der Waals surface area contributed by atoms with Crippen molar-refractivity contribution in [3.8, 4) is 0 Å². The Morgan fingerprint density at radius 3 is 2.74 bits per heavy atom. The van der Waals surface area contributed by atoms with E-state index in [4.69, 9.17) is 0 Å². The Morgan fingerprint density at radius 1 is 1.26 bits per heavy atom. The Hall–Kier alpha value is -0.570. The Bertz CT molecular complexity index is 305. The molecule has 2 fully saturated rings. The van der Waals surface area contributed by atoms with Crippen LogP contribution in [0.1, 0.15) is 58.8 Å². The van der Waals surface area contributed by atoms with E-state index in [1.807, 2.05) is 11.9 Å². The highest BCUT2D eigenvalue weighted by atomic mass is 16.2. The van der Waals surface area contributed by atoms with Gasteiger partial charge in [0, 0.05) is 13.1 Å². The summed E-state index contributed by atoms with van der Waals surface area (Å²) in [5.41, 5.74) is 0. The molecule has 0 aromatic carbocycles. The van der Waals surface area contributed by atoms with Gasteiger partial charge in [0.2, 0.25) is 5.91 Å². The van der Waals surface area contributed by atoms with Gasteiger partial charge in [-0.05, 0) is 44.1 Å². The Labute approximate surface area is 118 Å². The summed E-state index contributed by atoms with van der Waals surface area (Å²) < 4.78 is 0. The molecule has 110 valence electrons. The number of piperidine rings is 1. The van der Waals surface area contributed by atoms with Crippen LogP contribution in [0.4, 0.5) is 0 Å². The van der Waals surface area contributed by atoms with Gasteiger partial charge >= 0.3 is 0 Å². The third-order valence-corrected chi connectivity index (χ3v) is 5.19. The van der Waals surface area contributed by atoms with E-state index in [2.05, 4.69) is 19.2 Å². The lowest BCUT2D eigenvalue weighted by Crippen LogP contribution is -2.52. The van der Waals surface area contributed by atoms with Crippen molar-refractivity contribution in [1.29, 1.82) is 0 Å². The zero-order chi connectivity index (χ0) is 13.8. The van der Waals surface area contributed by atoms with Gasteiger partial charge in [0.15, 0.2) is 0 Å². The molecule has 0 aromatic heterocycles. The maximum Gasteiger partial charge on any atom is 0.239 e. The summed E-state index contributed by atoms with van der Waals surface area (Å²) in [4.78, 5) is 14.7. The van der Waals surface area contributed by atoms with Crippen molar-refractivity contribution >= 4 is 5.91 Å². The minimum atomic E-state index is 0.0703. The van der Waals surface area contributed by atoms with Crippen LogP contribution in [0, 0.1) is 11.8 Å². The van der Waals surface area contributed by atoms with Gasteiger partial charge in [-0.3, -0.25) is 4.79 Å². The lowest BCUT2D eigenvalue weighted by atomic mass is 9.85. The van der Waals surface area contributed by atoms with Crippen LogP contribution >= 0.6 is 0 Å². The van der Waals surface area contributed by atoms with Gasteiger partial charge in [0.1, 0.15) is 0 Å². The van der Waals surface area contributed by atoms with Crippen LogP contribution in [0.15, 0.2) is 0 Å². The summed E-state index contributed by atoms with van der Waals surface area (Å²) in [6.07, 6.45) is 8.45. The Balaban J connectivity index is 1.90. The molecule has 1 N–H and O–H groups in total. The Morgan fingerprint density at radius 2 is 2.05 bits per heavy atom. The van der Waals surface area contributed by atoms with Gasteiger partial charge in [0.25, 0.3) is 0 Å². The molecule has 4 unspecified atom stereocenters. The summed E-state index contributed by atoms with van der Waals surface area (Å²) >= 11 is 0. The molecule has 0 aromatic rings. The molecule has 0 spiro atoms. The van der Waals surface area contributed by atoms with Crippen LogP contribution in [0.3, 0.4) is 0 Å². The summed E-state index contributed by atoms with van der Waals surface area (Å²) in [5, 5.41) is 3.42. The molecule has 1 aliphatic carbocycles. The van der Waals surface area contributed by atoms with Crippen molar-refractivity contribution in [3.63, 3.8) is 0 Å². The number of rotatable bonds is 3. The standard InChI is InChI=1S/C16H30N2O/c1-4-13-8-9-17-15(11-13)16(19)18(3)14-7-5-6-12(2)10-14/h12-15,17H,4-11H2,1-3H3. The van der Waals surface area contributed by atoms with Crippen molar-refractivity contribution in [2.45, 2.75) is 70.9 Å². The molecule has 3 heteroatoms. The summed E-state index contributed by atoms with van der Waals surface area (Å²) in [6, 6.07) is 0.543. The number of hydrogen-bond donors (Lipinski definition) is 1. The normalized spacial score (nSPS) is 35.9. The number of amides is 1. The number of nitrogens with one attached hydrogen (secondary N) is 1. The maximum atomic E-state index is 12.6. The molecule has 1 heterocycles. The number of likely N-dealkylation sites (N-methyl/N-ethyl adjacent to an activating group) is 1. The maximum absolute atomic E-state index is 12.6. The fraction of sp³-hybridized carbons (Fsp3) is 0.938. The second-order valence-corrected chi connectivity index (χ2v) is 6.68. The predicted octanol–water partition coefficient (Wildman–Crippen LogP) is 2.80. The molecule has 1 amide bonds. The third kappa shape index (κ3) is 3.71. The fourth-order valence-electron chi connectivity index (χ4n) is 3.73. The highest BCUT2D eigenvalue weighted by molar-refractivity contribution is 5.82. The first-order valence-electron chi connectivity index (χ1n) is 8.11. The quantitative estimate of drug-likeness (QED) is 0.852. The minimum Gasteiger partial charge on any atom is -0.341 e. The molecule has 2 aliphatic rings. The van der Waals surface area contributed by atoms with Crippen molar-refractivity contribution in [2.75, 3.05) is 13.6 Å². The molecule has 4 atom stereocenters. The summed E-state index contributed by atoms with van der Waals surface area (Å²) in [6.45, 7) is 5.56. The van der Waals surface area contributed by atoms with Gasteiger partial charge in [0.05, 0.1) is 6.04 Å². The molecule has 1 aliphatic heterocycles. The van der Waals surface area contributed by atoms with Gasteiger partial charge in [-0.2, -0.15) is 0 Å². The number of hydrogen-bond acceptors (Lipinski definition) is 2. The van der Waals surface area contributed by atoms with Crippen LogP contribution in [0.25, 0.3) is 0 Å². The third-order valence-electron chi connectivity index (χ3n) is 5.19. The second-order valence-electron chi connectivity index (χ2n) is 6.68. The van der Waals surface area contributed by atoms with Gasteiger partial charge < -0.3 is 10.2 Å². The number of carbonyl (C=O) groups excluding carboxylic acids is 1. The first kappa shape index (κ1) is 14.8. The highest BCUT2D eigenvalue weighted by Gasteiger charge is 2.32. The molecule has 2 rings (SSSR count). The fourth-order valence-corrected chi connectivity index (χ4v) is 3.73. The van der Waals surface area contributed by atoms with Gasteiger partial charge in [-0.1, -0.05) is 33.1 Å². The van der Waals surface area contributed by atoms with E-state index in [0.29, 0.717) is 11.9 Å². The first-order chi connectivity index (χ1) is 9.11. The monoisotopic (exact) mass is 266 g/mol. The van der Waals surface area contributed by atoms with Gasteiger partial charge in [-0.25, -0.2) is 0 Å². The van der Waals surface area contributed by atoms with Crippen LogP contribution in [0.5, 0.6) is 0 Å².